The van der Waals surface area contributed by atoms with Gasteiger partial charge in [0.25, 0.3) is 5.56 Å². The van der Waals surface area contributed by atoms with Crippen molar-refractivity contribution in [3.8, 4) is 0 Å². The minimum atomic E-state index is -4.12. The number of quaternary nitrogens is 1. The maximum Gasteiger partial charge on any atom is 0.258 e. The van der Waals surface area contributed by atoms with Crippen LogP contribution in [-0.2, 0) is 16.6 Å². The number of rotatable bonds is 4. The molecule has 158 valence electrons. The van der Waals surface area contributed by atoms with Crippen LogP contribution in [0, 0.1) is 11.6 Å². The van der Waals surface area contributed by atoms with E-state index in [0.29, 0.717) is 37.0 Å². The molecule has 2 aromatic heterocycles. The van der Waals surface area contributed by atoms with E-state index in [0.717, 1.165) is 25.8 Å². The Kier molecular flexibility index (Phi) is 5.71. The zero-order valence-electron chi connectivity index (χ0n) is 15.7. The molecule has 3 aromatic rings. The number of aromatic nitrogens is 2. The lowest BCUT2D eigenvalue weighted by molar-refractivity contribution is -0.917. The number of hydrogen-bond acceptors (Lipinski definition) is 4. The average Bonchev–Trinajstić information content (AvgIpc) is 2.71. The largest absolute Gasteiger partial charge is 0.328 e. The van der Waals surface area contributed by atoms with E-state index < -0.39 is 26.6 Å². The Morgan fingerprint density at radius 2 is 1.83 bits per heavy atom. The third kappa shape index (κ3) is 4.15. The predicted molar refractivity (Wildman–Crippen MR) is 109 cm³/mol. The first-order valence-corrected chi connectivity index (χ1v) is 11.4. The number of pyridine rings is 1. The summed E-state index contributed by atoms with van der Waals surface area (Å²) in [5.74, 6) is -1.78. The Hall–Kier alpha value is -2.21. The van der Waals surface area contributed by atoms with Crippen molar-refractivity contribution >= 4 is 31.6 Å². The van der Waals surface area contributed by atoms with E-state index in [1.54, 1.807) is 18.3 Å². The molecule has 7 nitrogen and oxygen atoms in total. The number of nitrogens with zero attached hydrogens (tertiary/aromatic N) is 3. The molecule has 0 unspecified atom stereocenters. The summed E-state index contributed by atoms with van der Waals surface area (Å²) in [6, 6.07) is 7.41. The molecule has 11 heteroatoms. The van der Waals surface area contributed by atoms with Gasteiger partial charge in [0.2, 0.25) is 10.0 Å². The molecule has 1 fully saturated rings. The molecule has 0 spiro atoms. The van der Waals surface area contributed by atoms with Crippen LogP contribution in [-0.4, -0.2) is 48.3 Å². The van der Waals surface area contributed by atoms with Crippen LogP contribution in [0.15, 0.2) is 56.8 Å². The van der Waals surface area contributed by atoms with Gasteiger partial charge in [0.1, 0.15) is 34.4 Å². The molecule has 0 aliphatic carbocycles. The second-order valence-electron chi connectivity index (χ2n) is 7.07. The van der Waals surface area contributed by atoms with Crippen molar-refractivity contribution in [1.29, 1.82) is 0 Å². The summed E-state index contributed by atoms with van der Waals surface area (Å²) in [4.78, 5) is 17.2. The molecule has 1 N–H and O–H groups in total. The van der Waals surface area contributed by atoms with Gasteiger partial charge in [0, 0.05) is 16.7 Å². The first-order valence-electron chi connectivity index (χ1n) is 9.21. The van der Waals surface area contributed by atoms with Crippen molar-refractivity contribution in [1.82, 2.24) is 13.7 Å². The van der Waals surface area contributed by atoms with Crippen LogP contribution in [0.4, 0.5) is 8.78 Å². The third-order valence-corrected chi connectivity index (χ3v) is 7.43. The van der Waals surface area contributed by atoms with Gasteiger partial charge < -0.3 is 4.90 Å². The average molecular weight is 500 g/mol. The van der Waals surface area contributed by atoms with E-state index >= 15 is 0 Å². The Labute approximate surface area is 179 Å². The van der Waals surface area contributed by atoms with Crippen molar-refractivity contribution in [2.24, 2.45) is 0 Å². The summed E-state index contributed by atoms with van der Waals surface area (Å²) in [6.45, 7) is 1.69. The van der Waals surface area contributed by atoms with E-state index in [1.807, 2.05) is 0 Å². The zero-order valence-corrected chi connectivity index (χ0v) is 18.1. The number of nitrogens with one attached hydrogen (secondary N) is 1. The van der Waals surface area contributed by atoms with Crippen molar-refractivity contribution < 1.29 is 22.1 Å². The Bertz CT molecular complexity index is 1270. The fourth-order valence-electron chi connectivity index (χ4n) is 3.51. The molecule has 30 heavy (non-hydrogen) atoms. The van der Waals surface area contributed by atoms with E-state index in [-0.39, 0.29) is 18.6 Å². The first kappa shape index (κ1) is 21.0. The number of benzene rings is 1. The fourth-order valence-corrected chi connectivity index (χ4v) is 5.36. The molecular formula is C19H18BrF2N4O3S+. The lowest BCUT2D eigenvalue weighted by Crippen LogP contribution is -3.13. The fraction of sp³-hybridized carbons (Fsp3) is 0.263. The molecule has 1 saturated heterocycles. The van der Waals surface area contributed by atoms with E-state index in [1.165, 1.54) is 10.5 Å². The maximum absolute atomic E-state index is 14.0. The SMILES string of the molecule is O=c1cc(C[NH+]2CCN(S(=O)(=O)c3cc(F)ccc3F)CC2)nc2ccc(Br)cn12. The van der Waals surface area contributed by atoms with Gasteiger partial charge in [-0.3, -0.25) is 9.20 Å². The van der Waals surface area contributed by atoms with Crippen LogP contribution in [0.3, 0.4) is 0 Å². The predicted octanol–water partition coefficient (Wildman–Crippen LogP) is 0.825. The molecule has 1 aliphatic heterocycles. The summed E-state index contributed by atoms with van der Waals surface area (Å²) < 4.78 is 56.1. The Morgan fingerprint density at radius 1 is 1.10 bits per heavy atom. The van der Waals surface area contributed by atoms with Crippen LogP contribution in [0.2, 0.25) is 0 Å². The van der Waals surface area contributed by atoms with Gasteiger partial charge in [0.15, 0.2) is 0 Å². The van der Waals surface area contributed by atoms with Crippen molar-refractivity contribution in [3.63, 3.8) is 0 Å². The van der Waals surface area contributed by atoms with Gasteiger partial charge in [-0.25, -0.2) is 22.2 Å². The lowest BCUT2D eigenvalue weighted by Gasteiger charge is -2.31. The Morgan fingerprint density at radius 3 is 2.57 bits per heavy atom. The summed E-state index contributed by atoms with van der Waals surface area (Å²) >= 11 is 3.32. The number of fused-ring (bicyclic) bond motifs is 1. The molecule has 0 amide bonds. The van der Waals surface area contributed by atoms with E-state index in [4.69, 9.17) is 0 Å². The van der Waals surface area contributed by atoms with Crippen LogP contribution in [0.5, 0.6) is 0 Å². The molecule has 3 heterocycles. The van der Waals surface area contributed by atoms with Gasteiger partial charge in [0.05, 0.1) is 26.2 Å². The summed E-state index contributed by atoms with van der Waals surface area (Å²) in [7, 11) is -4.12. The van der Waals surface area contributed by atoms with Crippen molar-refractivity contribution in [2.75, 3.05) is 26.2 Å². The Balaban J connectivity index is 1.47. The highest BCUT2D eigenvalue weighted by molar-refractivity contribution is 9.10. The number of piperazine rings is 1. The molecule has 4 rings (SSSR count). The van der Waals surface area contributed by atoms with Crippen LogP contribution in [0.25, 0.3) is 5.65 Å². The van der Waals surface area contributed by atoms with Crippen molar-refractivity contribution in [3.05, 3.63) is 74.7 Å². The maximum atomic E-state index is 14.0. The quantitative estimate of drug-likeness (QED) is 0.576. The highest BCUT2D eigenvalue weighted by Crippen LogP contribution is 2.20. The minimum Gasteiger partial charge on any atom is -0.328 e. The summed E-state index contributed by atoms with van der Waals surface area (Å²) in [5, 5.41) is 0. The van der Waals surface area contributed by atoms with E-state index in [2.05, 4.69) is 20.9 Å². The molecule has 0 radical (unpaired) electrons. The number of halogens is 3. The molecular weight excluding hydrogens is 482 g/mol. The highest BCUT2D eigenvalue weighted by atomic mass is 79.9. The highest BCUT2D eigenvalue weighted by Gasteiger charge is 2.32. The summed E-state index contributed by atoms with van der Waals surface area (Å²) in [6.07, 6.45) is 1.65. The normalized spacial score (nSPS) is 16.2. The first-order chi connectivity index (χ1) is 14.2. The lowest BCUT2D eigenvalue weighted by atomic mass is 10.3. The third-order valence-electron chi connectivity index (χ3n) is 5.05. The van der Waals surface area contributed by atoms with Gasteiger partial charge in [-0.05, 0) is 46.3 Å². The molecule has 1 aromatic carbocycles. The second kappa shape index (κ2) is 8.14. The van der Waals surface area contributed by atoms with Crippen LogP contribution < -0.4 is 10.5 Å². The topological polar surface area (TPSA) is 76.2 Å². The van der Waals surface area contributed by atoms with Crippen LogP contribution >= 0.6 is 15.9 Å². The number of hydrogen-bond donors (Lipinski definition) is 1. The zero-order chi connectivity index (χ0) is 21.5. The minimum absolute atomic E-state index is 0.160. The second-order valence-corrected chi connectivity index (χ2v) is 9.89. The molecule has 0 bridgehead atoms. The van der Waals surface area contributed by atoms with Gasteiger partial charge in [-0.15, -0.1) is 0 Å². The monoisotopic (exact) mass is 499 g/mol. The van der Waals surface area contributed by atoms with Gasteiger partial charge >= 0.3 is 0 Å². The van der Waals surface area contributed by atoms with E-state index in [9.17, 15) is 22.0 Å². The van der Waals surface area contributed by atoms with Gasteiger partial charge in [-0.2, -0.15) is 4.31 Å². The number of sulfonamides is 1. The smallest absolute Gasteiger partial charge is 0.258 e. The van der Waals surface area contributed by atoms with Crippen LogP contribution in [0.1, 0.15) is 5.69 Å². The molecule has 1 aliphatic rings. The standard InChI is InChI=1S/C19H17BrF2N4O3S/c20-13-1-4-18-23-15(10-19(27)26(18)11-13)12-24-5-7-25(8-6-24)30(28,29)17-9-14(21)2-3-16(17)22/h1-4,9-11H,5-8,12H2/p+1. The molecule has 0 atom stereocenters. The molecule has 0 saturated carbocycles. The van der Waals surface area contributed by atoms with Gasteiger partial charge in [-0.1, -0.05) is 0 Å². The summed E-state index contributed by atoms with van der Waals surface area (Å²) in [5.41, 5.74) is 0.950. The van der Waals surface area contributed by atoms with Crippen molar-refractivity contribution in [2.45, 2.75) is 11.4 Å².